The third kappa shape index (κ3) is 14.0. The van der Waals surface area contributed by atoms with Crippen LogP contribution in [0.5, 0.6) is 0 Å². The number of carboxylic acids is 1. The number of hydrogen-bond donors (Lipinski definition) is 3. The lowest BCUT2D eigenvalue weighted by Gasteiger charge is -2.29. The Bertz CT molecular complexity index is 1470. The molecule has 1 aliphatic rings. The second kappa shape index (κ2) is 19.2. The highest BCUT2D eigenvalue weighted by molar-refractivity contribution is 6.02. The van der Waals surface area contributed by atoms with Gasteiger partial charge in [-0.2, -0.15) is 5.26 Å². The zero-order chi connectivity index (χ0) is 34.9. The van der Waals surface area contributed by atoms with Crippen LogP contribution in [0.4, 0.5) is 10.5 Å². The van der Waals surface area contributed by atoms with Gasteiger partial charge < -0.3 is 39.6 Å². The first kappa shape index (κ1) is 37.8. The molecule has 3 N–H and O–H groups in total. The number of esters is 1. The number of fused-ring (bicyclic) bond motifs is 1. The molecule has 0 aliphatic carbocycles. The van der Waals surface area contributed by atoms with Crippen LogP contribution < -0.4 is 15.5 Å². The van der Waals surface area contributed by atoms with Gasteiger partial charge in [0.05, 0.1) is 45.3 Å². The Balaban J connectivity index is 1.30. The molecule has 0 spiro atoms. The summed E-state index contributed by atoms with van der Waals surface area (Å²) in [6, 6.07) is 13.2. The maximum absolute atomic E-state index is 12.6. The molecule has 1 atom stereocenters. The first-order chi connectivity index (χ1) is 22.9. The van der Waals surface area contributed by atoms with Crippen LogP contribution in [0.1, 0.15) is 58.4 Å². The van der Waals surface area contributed by atoms with E-state index in [4.69, 9.17) is 24.1 Å². The molecule has 1 heterocycles. The lowest BCUT2D eigenvalue weighted by Crippen LogP contribution is -2.41. The van der Waals surface area contributed by atoms with Gasteiger partial charge in [-0.05, 0) is 80.6 Å². The predicted molar refractivity (Wildman–Crippen MR) is 179 cm³/mol. The smallest absolute Gasteiger partial charge is 0.407 e. The average molecular weight is 667 g/mol. The number of alkyl carbamates (subject to hydrolysis) is 1. The maximum atomic E-state index is 12.6. The van der Waals surface area contributed by atoms with E-state index < -0.39 is 42.0 Å². The molecule has 260 valence electrons. The summed E-state index contributed by atoms with van der Waals surface area (Å²) in [5, 5.41) is 25.8. The first-order valence-electron chi connectivity index (χ1n) is 16.1. The molecule has 0 saturated carbocycles. The number of amides is 2. The van der Waals surface area contributed by atoms with Gasteiger partial charge in [0.2, 0.25) is 0 Å². The molecule has 1 aliphatic heterocycles. The number of carbonyl (C=O) groups is 4. The van der Waals surface area contributed by atoms with Crippen molar-refractivity contribution in [2.45, 2.75) is 64.5 Å². The van der Waals surface area contributed by atoms with Crippen LogP contribution in [-0.2, 0) is 33.3 Å². The Kier molecular flexibility index (Phi) is 15.1. The van der Waals surface area contributed by atoms with Gasteiger partial charge in [0.15, 0.2) is 0 Å². The summed E-state index contributed by atoms with van der Waals surface area (Å²) in [7, 11) is 0. The highest BCUT2D eigenvalue weighted by Gasteiger charge is 2.24. The molecule has 0 aromatic heterocycles. The minimum absolute atomic E-state index is 0.00734. The number of rotatable bonds is 17. The number of carbonyl (C=O) groups excluding carboxylic acids is 3. The van der Waals surface area contributed by atoms with Gasteiger partial charge in [-0.1, -0.05) is 18.2 Å². The molecule has 3 rings (SSSR count). The number of nitrogens with one attached hydrogen (secondary N) is 2. The summed E-state index contributed by atoms with van der Waals surface area (Å²) in [6.07, 6.45) is 3.63. The lowest BCUT2D eigenvalue weighted by molar-refractivity contribution is -0.146. The number of nitrogens with zero attached hydrogens (tertiary/aromatic N) is 2. The normalized spacial score (nSPS) is 14.1. The number of nitriles is 1. The Morgan fingerprint density at radius 2 is 1.60 bits per heavy atom. The lowest BCUT2D eigenvalue weighted by atomic mass is 10.0. The van der Waals surface area contributed by atoms with Crippen LogP contribution in [-0.4, -0.2) is 93.4 Å². The quantitative estimate of drug-likeness (QED) is 0.0955. The molecule has 13 nitrogen and oxygen atoms in total. The minimum atomic E-state index is -1.18. The van der Waals surface area contributed by atoms with E-state index in [1.165, 1.54) is 24.9 Å². The van der Waals surface area contributed by atoms with E-state index in [-0.39, 0.29) is 51.6 Å². The van der Waals surface area contributed by atoms with Crippen molar-refractivity contribution in [3.8, 4) is 6.07 Å². The van der Waals surface area contributed by atoms with Crippen molar-refractivity contribution >= 4 is 46.5 Å². The van der Waals surface area contributed by atoms with E-state index in [1.807, 2.05) is 24.3 Å². The van der Waals surface area contributed by atoms with Crippen molar-refractivity contribution in [2.24, 2.45) is 0 Å². The number of aliphatic carboxylic acids is 1. The SMILES string of the molecule is CC(C)(C)OC(=O)N[C@@H](CC(=O)O)CC(=O)OCCOCCOCCNC(=O)/C(C#N)=C/c1ccc2cc(N3CCCCC3)ccc2c1. The van der Waals surface area contributed by atoms with Crippen molar-refractivity contribution in [2.75, 3.05) is 57.6 Å². The van der Waals surface area contributed by atoms with Gasteiger partial charge in [-0.25, -0.2) is 4.79 Å². The predicted octanol–water partition coefficient (Wildman–Crippen LogP) is 4.19. The molecular weight excluding hydrogens is 620 g/mol. The number of anilines is 1. The van der Waals surface area contributed by atoms with Gasteiger partial charge >= 0.3 is 18.0 Å². The molecule has 1 fully saturated rings. The number of benzene rings is 2. The molecule has 2 aromatic rings. The molecule has 48 heavy (non-hydrogen) atoms. The highest BCUT2D eigenvalue weighted by Crippen LogP contribution is 2.26. The molecule has 2 amide bonds. The van der Waals surface area contributed by atoms with Crippen molar-refractivity contribution in [1.29, 1.82) is 5.26 Å². The molecule has 0 unspecified atom stereocenters. The number of hydrogen-bond acceptors (Lipinski definition) is 10. The summed E-state index contributed by atoms with van der Waals surface area (Å²) < 4.78 is 21.0. The molecule has 0 bridgehead atoms. The van der Waals surface area contributed by atoms with Crippen LogP contribution in [0.2, 0.25) is 0 Å². The van der Waals surface area contributed by atoms with E-state index in [9.17, 15) is 24.4 Å². The minimum Gasteiger partial charge on any atom is -0.481 e. The van der Waals surface area contributed by atoms with Crippen LogP contribution >= 0.6 is 0 Å². The van der Waals surface area contributed by atoms with Crippen molar-refractivity contribution in [1.82, 2.24) is 10.6 Å². The number of piperidine rings is 1. The maximum Gasteiger partial charge on any atom is 0.407 e. The van der Waals surface area contributed by atoms with E-state index in [0.29, 0.717) is 0 Å². The molecule has 13 heteroatoms. The Morgan fingerprint density at radius 3 is 2.29 bits per heavy atom. The Morgan fingerprint density at radius 1 is 0.938 bits per heavy atom. The van der Waals surface area contributed by atoms with Crippen molar-refractivity contribution in [3.63, 3.8) is 0 Å². The molecule has 2 aromatic carbocycles. The fourth-order valence-electron chi connectivity index (χ4n) is 4.99. The standard InChI is InChI=1S/C35H46N4O9/c1-35(2,3)48-34(44)38-29(22-31(40)41)23-32(42)47-18-17-46-16-15-45-14-11-37-33(43)28(24-36)20-25-7-8-27-21-30(10-9-26(27)19-25)39-12-5-4-6-13-39/h7-10,19-21,29H,4-6,11-18,22-23H2,1-3H3,(H,37,43)(H,38,44)(H,40,41)/b28-20+/t29-/m0/s1. The topological polar surface area (TPSA) is 177 Å². The van der Waals surface area contributed by atoms with Crippen molar-refractivity contribution < 1.29 is 43.2 Å². The fourth-order valence-corrected chi connectivity index (χ4v) is 4.99. The Hall–Kier alpha value is -4.67. The first-order valence-corrected chi connectivity index (χ1v) is 16.1. The zero-order valence-electron chi connectivity index (χ0n) is 27.9. The molecule has 1 saturated heterocycles. The van der Waals surface area contributed by atoms with Crippen LogP contribution in [0.3, 0.4) is 0 Å². The van der Waals surface area contributed by atoms with Gasteiger partial charge in [0.1, 0.15) is 23.9 Å². The van der Waals surface area contributed by atoms with Gasteiger partial charge in [-0.15, -0.1) is 0 Å². The molecule has 0 radical (unpaired) electrons. The van der Waals surface area contributed by atoms with Crippen LogP contribution in [0.25, 0.3) is 16.8 Å². The summed E-state index contributed by atoms with van der Waals surface area (Å²) in [5.41, 5.74) is 1.19. The second-order valence-electron chi connectivity index (χ2n) is 12.4. The fraction of sp³-hybridized carbons (Fsp3) is 0.514. The summed E-state index contributed by atoms with van der Waals surface area (Å²) in [5.74, 6) is -2.37. The summed E-state index contributed by atoms with van der Waals surface area (Å²) >= 11 is 0. The Labute approximate surface area is 281 Å². The van der Waals surface area contributed by atoms with Crippen molar-refractivity contribution in [3.05, 3.63) is 47.5 Å². The average Bonchev–Trinajstić information content (AvgIpc) is 3.03. The summed E-state index contributed by atoms with van der Waals surface area (Å²) in [6.45, 7) is 7.98. The highest BCUT2D eigenvalue weighted by atomic mass is 16.6. The number of carboxylic acid groups (broad SMARTS) is 1. The molecular formula is C35H46N4O9. The zero-order valence-corrected chi connectivity index (χ0v) is 27.9. The van der Waals surface area contributed by atoms with Gasteiger partial charge in [0.25, 0.3) is 5.91 Å². The van der Waals surface area contributed by atoms with E-state index in [1.54, 1.807) is 26.8 Å². The monoisotopic (exact) mass is 666 g/mol. The third-order valence-electron chi connectivity index (χ3n) is 7.19. The van der Waals surface area contributed by atoms with Crippen LogP contribution in [0, 0.1) is 11.3 Å². The second-order valence-corrected chi connectivity index (χ2v) is 12.4. The van der Waals surface area contributed by atoms with E-state index in [0.717, 1.165) is 29.4 Å². The van der Waals surface area contributed by atoms with Gasteiger partial charge in [0, 0.05) is 25.3 Å². The number of ether oxygens (including phenoxy) is 4. The largest absolute Gasteiger partial charge is 0.481 e. The van der Waals surface area contributed by atoms with E-state index in [2.05, 4.69) is 33.7 Å². The summed E-state index contributed by atoms with van der Waals surface area (Å²) in [4.78, 5) is 50.1. The third-order valence-corrected chi connectivity index (χ3v) is 7.19. The van der Waals surface area contributed by atoms with Crippen LogP contribution in [0.15, 0.2) is 42.0 Å². The van der Waals surface area contributed by atoms with E-state index >= 15 is 0 Å². The van der Waals surface area contributed by atoms with Gasteiger partial charge in [-0.3, -0.25) is 14.4 Å².